The average molecular weight is 296 g/mol. The molecular weight excluding hydrogens is 274 g/mol. The van der Waals surface area contributed by atoms with Gasteiger partial charge in [0.25, 0.3) is 0 Å². The van der Waals surface area contributed by atoms with Gasteiger partial charge in [0, 0.05) is 18.3 Å². The number of nitrogens with one attached hydrogen (secondary N) is 1. The molecule has 2 heterocycles. The second-order valence-corrected chi connectivity index (χ2v) is 5.34. The lowest BCUT2D eigenvalue weighted by molar-refractivity contribution is 0.463. The van der Waals surface area contributed by atoms with Gasteiger partial charge in [-0.3, -0.25) is 4.68 Å². The van der Waals surface area contributed by atoms with E-state index in [-0.39, 0.29) is 12.4 Å². The zero-order valence-electron chi connectivity index (χ0n) is 11.8. The number of halogens is 1. The SMILES string of the molecule is Cc1nn(C2CCCC2)cc1CNCc1ccco1.Cl. The molecule has 0 aromatic carbocycles. The molecule has 0 saturated heterocycles. The molecule has 0 bridgehead atoms. The van der Waals surface area contributed by atoms with Gasteiger partial charge in [0.2, 0.25) is 0 Å². The van der Waals surface area contributed by atoms with Crippen LogP contribution in [0.5, 0.6) is 0 Å². The summed E-state index contributed by atoms with van der Waals surface area (Å²) < 4.78 is 7.48. The number of hydrogen-bond acceptors (Lipinski definition) is 3. The van der Waals surface area contributed by atoms with Crippen molar-refractivity contribution in [3.8, 4) is 0 Å². The van der Waals surface area contributed by atoms with Gasteiger partial charge in [0.15, 0.2) is 0 Å². The molecule has 1 aliphatic rings. The zero-order chi connectivity index (χ0) is 13.1. The van der Waals surface area contributed by atoms with E-state index >= 15 is 0 Å². The van der Waals surface area contributed by atoms with Crippen molar-refractivity contribution in [2.24, 2.45) is 0 Å². The van der Waals surface area contributed by atoms with Crippen LogP contribution in [0.25, 0.3) is 0 Å². The molecule has 0 spiro atoms. The van der Waals surface area contributed by atoms with E-state index in [0.29, 0.717) is 6.04 Å². The highest BCUT2D eigenvalue weighted by atomic mass is 35.5. The van der Waals surface area contributed by atoms with Crippen LogP contribution in [0.3, 0.4) is 0 Å². The zero-order valence-corrected chi connectivity index (χ0v) is 12.7. The third-order valence-corrected chi connectivity index (χ3v) is 3.91. The summed E-state index contributed by atoms with van der Waals surface area (Å²) in [5.41, 5.74) is 2.43. The summed E-state index contributed by atoms with van der Waals surface area (Å²) in [4.78, 5) is 0. The van der Waals surface area contributed by atoms with Crippen LogP contribution in [-0.2, 0) is 13.1 Å². The lowest BCUT2D eigenvalue weighted by Gasteiger charge is -2.08. The minimum Gasteiger partial charge on any atom is -0.468 e. The summed E-state index contributed by atoms with van der Waals surface area (Å²) in [6, 6.07) is 4.53. The molecule has 20 heavy (non-hydrogen) atoms. The summed E-state index contributed by atoms with van der Waals surface area (Å²) in [5.74, 6) is 0.973. The Morgan fingerprint density at radius 3 is 2.85 bits per heavy atom. The van der Waals surface area contributed by atoms with Crippen molar-refractivity contribution >= 4 is 12.4 Å². The summed E-state index contributed by atoms with van der Waals surface area (Å²) in [6.45, 7) is 3.70. The predicted molar refractivity (Wildman–Crippen MR) is 81.0 cm³/mol. The van der Waals surface area contributed by atoms with E-state index in [9.17, 15) is 0 Å². The maximum absolute atomic E-state index is 5.30. The molecule has 0 radical (unpaired) electrons. The van der Waals surface area contributed by atoms with Crippen LogP contribution >= 0.6 is 12.4 Å². The number of furan rings is 1. The van der Waals surface area contributed by atoms with E-state index in [1.54, 1.807) is 6.26 Å². The Morgan fingerprint density at radius 1 is 1.35 bits per heavy atom. The van der Waals surface area contributed by atoms with Crippen molar-refractivity contribution in [2.45, 2.75) is 51.7 Å². The first-order chi connectivity index (χ1) is 9.33. The lowest BCUT2D eigenvalue weighted by atomic mass is 10.2. The molecule has 0 amide bonds. The minimum absolute atomic E-state index is 0. The van der Waals surface area contributed by atoms with E-state index in [4.69, 9.17) is 4.42 Å². The van der Waals surface area contributed by atoms with Gasteiger partial charge < -0.3 is 9.73 Å². The fourth-order valence-electron chi connectivity index (χ4n) is 2.78. The van der Waals surface area contributed by atoms with E-state index < -0.39 is 0 Å². The van der Waals surface area contributed by atoms with Crippen LogP contribution < -0.4 is 5.32 Å². The first kappa shape index (κ1) is 15.1. The molecular formula is C15H22ClN3O. The standard InChI is InChI=1S/C15H21N3O.ClH/c1-12-13(9-16-10-15-7-4-8-19-15)11-18(17-12)14-5-2-3-6-14;/h4,7-8,11,14,16H,2-3,5-6,9-10H2,1H3;1H. The second kappa shape index (κ2) is 6.95. The molecule has 0 atom stereocenters. The minimum atomic E-state index is 0. The smallest absolute Gasteiger partial charge is 0.117 e. The quantitative estimate of drug-likeness (QED) is 0.916. The van der Waals surface area contributed by atoms with E-state index in [2.05, 4.69) is 28.2 Å². The van der Waals surface area contributed by atoms with E-state index in [1.807, 2.05) is 12.1 Å². The summed E-state index contributed by atoms with van der Waals surface area (Å²) in [5, 5.41) is 8.06. The average Bonchev–Trinajstić information content (AvgIpc) is 3.11. The second-order valence-electron chi connectivity index (χ2n) is 5.34. The number of nitrogens with zero attached hydrogens (tertiary/aromatic N) is 2. The Morgan fingerprint density at radius 2 is 2.15 bits per heavy atom. The molecule has 4 nitrogen and oxygen atoms in total. The van der Waals surface area contributed by atoms with Crippen molar-refractivity contribution in [1.29, 1.82) is 0 Å². The third-order valence-electron chi connectivity index (χ3n) is 3.91. The first-order valence-electron chi connectivity index (χ1n) is 7.10. The number of aryl methyl sites for hydroxylation is 1. The van der Waals surface area contributed by atoms with Crippen LogP contribution in [0, 0.1) is 6.92 Å². The summed E-state index contributed by atoms with van der Waals surface area (Å²) in [6.07, 6.45) is 9.16. The highest BCUT2D eigenvalue weighted by Crippen LogP contribution is 2.29. The highest BCUT2D eigenvalue weighted by molar-refractivity contribution is 5.85. The summed E-state index contributed by atoms with van der Waals surface area (Å²) in [7, 11) is 0. The molecule has 0 aliphatic heterocycles. The van der Waals surface area contributed by atoms with Crippen LogP contribution in [0.15, 0.2) is 29.0 Å². The molecule has 1 fully saturated rings. The number of rotatable bonds is 5. The Hall–Kier alpha value is -1.26. The highest BCUT2D eigenvalue weighted by Gasteiger charge is 2.18. The van der Waals surface area contributed by atoms with Gasteiger partial charge >= 0.3 is 0 Å². The fourth-order valence-corrected chi connectivity index (χ4v) is 2.78. The first-order valence-corrected chi connectivity index (χ1v) is 7.10. The van der Waals surface area contributed by atoms with E-state index in [0.717, 1.165) is 24.5 Å². The fraction of sp³-hybridized carbons (Fsp3) is 0.533. The molecule has 1 saturated carbocycles. The molecule has 2 aromatic heterocycles. The number of hydrogen-bond donors (Lipinski definition) is 1. The lowest BCUT2D eigenvalue weighted by Crippen LogP contribution is -2.12. The molecule has 1 N–H and O–H groups in total. The van der Waals surface area contributed by atoms with Gasteiger partial charge in [0.05, 0.1) is 24.5 Å². The van der Waals surface area contributed by atoms with Gasteiger partial charge in [-0.25, -0.2) is 0 Å². The van der Waals surface area contributed by atoms with Crippen molar-refractivity contribution in [3.63, 3.8) is 0 Å². The molecule has 110 valence electrons. The number of aromatic nitrogens is 2. The van der Waals surface area contributed by atoms with Crippen LogP contribution in [0.1, 0.15) is 48.7 Å². The molecule has 0 unspecified atom stereocenters. The van der Waals surface area contributed by atoms with Gasteiger partial charge in [-0.2, -0.15) is 5.10 Å². The normalized spacial score (nSPS) is 15.4. The van der Waals surface area contributed by atoms with Gasteiger partial charge in [-0.1, -0.05) is 12.8 Å². The maximum Gasteiger partial charge on any atom is 0.117 e. The topological polar surface area (TPSA) is 43.0 Å². The monoisotopic (exact) mass is 295 g/mol. The largest absolute Gasteiger partial charge is 0.468 e. The Bertz CT molecular complexity index is 515. The molecule has 2 aromatic rings. The van der Waals surface area contributed by atoms with Crippen LogP contribution in [0.2, 0.25) is 0 Å². The van der Waals surface area contributed by atoms with Gasteiger partial charge in [-0.15, -0.1) is 12.4 Å². The maximum atomic E-state index is 5.30. The molecule has 5 heteroatoms. The summed E-state index contributed by atoms with van der Waals surface area (Å²) >= 11 is 0. The van der Waals surface area contributed by atoms with E-state index in [1.165, 1.54) is 31.2 Å². The Kier molecular flexibility index (Phi) is 5.26. The Labute approximate surface area is 126 Å². The predicted octanol–water partition coefficient (Wildman–Crippen LogP) is 3.61. The Balaban J connectivity index is 0.00000147. The van der Waals surface area contributed by atoms with Gasteiger partial charge in [0.1, 0.15) is 5.76 Å². The van der Waals surface area contributed by atoms with Crippen LogP contribution in [-0.4, -0.2) is 9.78 Å². The third kappa shape index (κ3) is 3.44. The van der Waals surface area contributed by atoms with Crippen molar-refractivity contribution < 1.29 is 4.42 Å². The molecule has 1 aliphatic carbocycles. The van der Waals surface area contributed by atoms with Crippen molar-refractivity contribution in [3.05, 3.63) is 41.6 Å². The van der Waals surface area contributed by atoms with Crippen LogP contribution in [0.4, 0.5) is 0 Å². The van der Waals surface area contributed by atoms with Crippen molar-refractivity contribution in [2.75, 3.05) is 0 Å². The van der Waals surface area contributed by atoms with Crippen molar-refractivity contribution in [1.82, 2.24) is 15.1 Å². The van der Waals surface area contributed by atoms with Gasteiger partial charge in [-0.05, 0) is 31.9 Å². The molecule has 3 rings (SSSR count).